The Labute approximate surface area is 135 Å². The maximum absolute atomic E-state index is 12.9. The number of hydrogen-bond donors (Lipinski definition) is 0. The van der Waals surface area contributed by atoms with Crippen LogP contribution in [-0.4, -0.2) is 30.5 Å². The van der Waals surface area contributed by atoms with Gasteiger partial charge < -0.3 is 9.64 Å². The summed E-state index contributed by atoms with van der Waals surface area (Å²) in [7, 11) is 0. The molecule has 0 spiro atoms. The van der Waals surface area contributed by atoms with Crippen LogP contribution in [-0.2, 0) is 0 Å². The summed E-state index contributed by atoms with van der Waals surface area (Å²) < 4.78 is 18.7. The van der Waals surface area contributed by atoms with Crippen LogP contribution in [0.5, 0.6) is 5.75 Å². The normalized spacial score (nSPS) is 15.4. The van der Waals surface area contributed by atoms with Gasteiger partial charge in [0.1, 0.15) is 11.6 Å². The molecule has 0 bridgehead atoms. The lowest BCUT2D eigenvalue weighted by Gasteiger charge is -2.32. The molecule has 2 aromatic rings. The van der Waals surface area contributed by atoms with E-state index in [-0.39, 0.29) is 11.7 Å². The van der Waals surface area contributed by atoms with Crippen LogP contribution in [0, 0.1) is 11.7 Å². The van der Waals surface area contributed by atoms with E-state index in [4.69, 9.17) is 4.74 Å². The van der Waals surface area contributed by atoms with Gasteiger partial charge in [-0.2, -0.15) is 0 Å². The number of benzene rings is 2. The van der Waals surface area contributed by atoms with E-state index in [2.05, 4.69) is 0 Å². The Morgan fingerprint density at radius 1 is 1.04 bits per heavy atom. The number of likely N-dealkylation sites (tertiary alicyclic amines) is 1. The molecule has 0 aromatic heterocycles. The largest absolute Gasteiger partial charge is 0.493 e. The molecule has 0 N–H and O–H groups in total. The second-order valence-corrected chi connectivity index (χ2v) is 5.87. The van der Waals surface area contributed by atoms with Crippen LogP contribution >= 0.6 is 0 Å². The lowest BCUT2D eigenvalue weighted by atomic mass is 9.97. The lowest BCUT2D eigenvalue weighted by Crippen LogP contribution is -2.39. The van der Waals surface area contributed by atoms with Gasteiger partial charge in [-0.3, -0.25) is 4.79 Å². The van der Waals surface area contributed by atoms with Gasteiger partial charge in [0.2, 0.25) is 0 Å². The molecule has 0 unspecified atom stereocenters. The van der Waals surface area contributed by atoms with E-state index in [0.717, 1.165) is 31.7 Å². The standard InChI is InChI=1S/C19H20FNO2/c20-17-8-6-16(7-9-17)19(22)21-12-10-15(11-13-21)14-23-18-4-2-1-3-5-18/h1-9,15H,10-14H2. The molecular formula is C19H20FNO2. The van der Waals surface area contributed by atoms with Crippen LogP contribution in [0.1, 0.15) is 23.2 Å². The highest BCUT2D eigenvalue weighted by Gasteiger charge is 2.24. The molecule has 0 saturated carbocycles. The van der Waals surface area contributed by atoms with Crippen molar-refractivity contribution in [2.75, 3.05) is 19.7 Å². The number of ether oxygens (including phenoxy) is 1. The van der Waals surface area contributed by atoms with Crippen molar-refractivity contribution in [2.45, 2.75) is 12.8 Å². The summed E-state index contributed by atoms with van der Waals surface area (Å²) in [6.07, 6.45) is 1.86. The fourth-order valence-electron chi connectivity index (χ4n) is 2.81. The Morgan fingerprint density at radius 2 is 1.70 bits per heavy atom. The van der Waals surface area contributed by atoms with E-state index in [1.807, 2.05) is 35.2 Å². The molecule has 0 atom stereocenters. The Bertz CT molecular complexity index is 634. The van der Waals surface area contributed by atoms with Crippen LogP contribution in [0.3, 0.4) is 0 Å². The van der Waals surface area contributed by atoms with Crippen molar-refractivity contribution in [3.63, 3.8) is 0 Å². The zero-order valence-electron chi connectivity index (χ0n) is 13.0. The van der Waals surface area contributed by atoms with Gasteiger partial charge in [-0.1, -0.05) is 18.2 Å². The fourth-order valence-corrected chi connectivity index (χ4v) is 2.81. The van der Waals surface area contributed by atoms with E-state index in [1.54, 1.807) is 12.1 Å². The zero-order chi connectivity index (χ0) is 16.1. The molecule has 23 heavy (non-hydrogen) atoms. The minimum atomic E-state index is -0.321. The Kier molecular flexibility index (Phi) is 4.91. The molecule has 1 fully saturated rings. The molecule has 1 saturated heterocycles. The van der Waals surface area contributed by atoms with Crippen molar-refractivity contribution in [1.29, 1.82) is 0 Å². The third-order valence-electron chi connectivity index (χ3n) is 4.22. The molecule has 0 aliphatic carbocycles. The highest BCUT2D eigenvalue weighted by atomic mass is 19.1. The van der Waals surface area contributed by atoms with Crippen LogP contribution < -0.4 is 4.74 Å². The van der Waals surface area contributed by atoms with E-state index < -0.39 is 0 Å². The minimum absolute atomic E-state index is 0.0209. The Hall–Kier alpha value is -2.36. The highest BCUT2D eigenvalue weighted by molar-refractivity contribution is 5.94. The molecule has 1 amide bonds. The number of rotatable bonds is 4. The number of hydrogen-bond acceptors (Lipinski definition) is 2. The summed E-state index contributed by atoms with van der Waals surface area (Å²) in [6.45, 7) is 2.13. The topological polar surface area (TPSA) is 29.5 Å². The van der Waals surface area contributed by atoms with Crippen molar-refractivity contribution < 1.29 is 13.9 Å². The number of piperidine rings is 1. The van der Waals surface area contributed by atoms with Gasteiger partial charge in [-0.25, -0.2) is 4.39 Å². The average Bonchev–Trinajstić information content (AvgIpc) is 2.61. The van der Waals surface area contributed by atoms with Gasteiger partial charge in [0.25, 0.3) is 5.91 Å². The van der Waals surface area contributed by atoms with Crippen LogP contribution in [0.4, 0.5) is 4.39 Å². The molecule has 4 heteroatoms. The number of para-hydroxylation sites is 1. The monoisotopic (exact) mass is 313 g/mol. The molecule has 3 rings (SSSR count). The van der Waals surface area contributed by atoms with Gasteiger partial charge in [-0.05, 0) is 55.2 Å². The average molecular weight is 313 g/mol. The van der Waals surface area contributed by atoms with Crippen molar-refractivity contribution in [2.24, 2.45) is 5.92 Å². The zero-order valence-corrected chi connectivity index (χ0v) is 13.0. The SMILES string of the molecule is O=C(c1ccc(F)cc1)N1CCC(COc2ccccc2)CC1. The highest BCUT2D eigenvalue weighted by Crippen LogP contribution is 2.21. The molecule has 120 valence electrons. The predicted molar refractivity (Wildman–Crippen MR) is 87.0 cm³/mol. The van der Waals surface area contributed by atoms with Gasteiger partial charge in [-0.15, -0.1) is 0 Å². The quantitative estimate of drug-likeness (QED) is 0.860. The van der Waals surface area contributed by atoms with Crippen LogP contribution in [0.2, 0.25) is 0 Å². The third kappa shape index (κ3) is 4.09. The number of halogens is 1. The number of carbonyl (C=O) groups is 1. The minimum Gasteiger partial charge on any atom is -0.493 e. The first-order valence-corrected chi connectivity index (χ1v) is 7.95. The number of nitrogens with zero attached hydrogens (tertiary/aromatic N) is 1. The van der Waals surface area contributed by atoms with Crippen molar-refractivity contribution >= 4 is 5.91 Å². The molecule has 1 heterocycles. The molecule has 1 aliphatic rings. The molecule has 3 nitrogen and oxygen atoms in total. The predicted octanol–water partition coefficient (Wildman–Crippen LogP) is 3.76. The Morgan fingerprint density at radius 3 is 2.35 bits per heavy atom. The van der Waals surface area contributed by atoms with Gasteiger partial charge in [0.15, 0.2) is 0 Å². The summed E-state index contributed by atoms with van der Waals surface area (Å²) >= 11 is 0. The molecular weight excluding hydrogens is 293 g/mol. The lowest BCUT2D eigenvalue weighted by molar-refractivity contribution is 0.0661. The van der Waals surface area contributed by atoms with E-state index in [0.29, 0.717) is 18.1 Å². The molecule has 1 aliphatic heterocycles. The molecule has 0 radical (unpaired) electrons. The first-order chi connectivity index (χ1) is 11.2. The van der Waals surface area contributed by atoms with Gasteiger partial charge >= 0.3 is 0 Å². The number of carbonyl (C=O) groups excluding carboxylic acids is 1. The maximum Gasteiger partial charge on any atom is 0.253 e. The van der Waals surface area contributed by atoms with Gasteiger partial charge in [0.05, 0.1) is 6.61 Å². The summed E-state index contributed by atoms with van der Waals surface area (Å²) in [5, 5.41) is 0. The first kappa shape index (κ1) is 15.5. The van der Waals surface area contributed by atoms with E-state index >= 15 is 0 Å². The summed E-state index contributed by atoms with van der Waals surface area (Å²) in [6, 6.07) is 15.5. The van der Waals surface area contributed by atoms with Crippen molar-refractivity contribution in [3.8, 4) is 5.75 Å². The summed E-state index contributed by atoms with van der Waals surface area (Å²) in [5.74, 6) is 1.01. The fraction of sp³-hybridized carbons (Fsp3) is 0.316. The van der Waals surface area contributed by atoms with Crippen LogP contribution in [0.25, 0.3) is 0 Å². The van der Waals surface area contributed by atoms with Gasteiger partial charge in [0, 0.05) is 18.7 Å². The molecule has 2 aromatic carbocycles. The van der Waals surface area contributed by atoms with Crippen molar-refractivity contribution in [3.05, 3.63) is 66.0 Å². The van der Waals surface area contributed by atoms with E-state index in [1.165, 1.54) is 12.1 Å². The maximum atomic E-state index is 12.9. The van der Waals surface area contributed by atoms with Crippen molar-refractivity contribution in [1.82, 2.24) is 4.90 Å². The smallest absolute Gasteiger partial charge is 0.253 e. The second kappa shape index (κ2) is 7.27. The number of amides is 1. The first-order valence-electron chi connectivity index (χ1n) is 7.95. The second-order valence-electron chi connectivity index (χ2n) is 5.87. The summed E-state index contributed by atoms with van der Waals surface area (Å²) in [5.41, 5.74) is 0.547. The Balaban J connectivity index is 1.48. The third-order valence-corrected chi connectivity index (χ3v) is 4.22. The van der Waals surface area contributed by atoms with E-state index in [9.17, 15) is 9.18 Å². The van der Waals surface area contributed by atoms with Crippen LogP contribution in [0.15, 0.2) is 54.6 Å². The summed E-state index contributed by atoms with van der Waals surface area (Å²) in [4.78, 5) is 14.2.